The Morgan fingerprint density at radius 2 is 1.23 bits per heavy atom. The van der Waals surface area contributed by atoms with Gasteiger partial charge >= 0.3 is 0 Å². The Balaban J connectivity index is 1.99. The molecule has 0 bridgehead atoms. The molecule has 1 fully saturated rings. The van der Waals surface area contributed by atoms with Crippen LogP contribution in [0.25, 0.3) is 0 Å². The van der Waals surface area contributed by atoms with E-state index in [-0.39, 0.29) is 12.2 Å². The summed E-state index contributed by atoms with van der Waals surface area (Å²) in [5, 5.41) is 0. The largest absolute Gasteiger partial charge is 0.497 e. The number of methoxy groups -OCH3 is 4. The third-order valence-electron chi connectivity index (χ3n) is 4.41. The molecule has 1 aliphatic heterocycles. The molecule has 0 unspecified atom stereocenters. The molecule has 1 heterocycles. The highest BCUT2D eigenvalue weighted by atomic mass is 16.6. The van der Waals surface area contributed by atoms with Crippen molar-refractivity contribution in [1.82, 2.24) is 0 Å². The summed E-state index contributed by atoms with van der Waals surface area (Å²) in [6, 6.07) is 11.6. The molecule has 1 saturated heterocycles. The van der Waals surface area contributed by atoms with Crippen molar-refractivity contribution in [3.63, 3.8) is 0 Å². The normalized spacial score (nSPS) is 19.7. The van der Waals surface area contributed by atoms with Crippen LogP contribution in [0, 0.1) is 0 Å². The topological polar surface area (TPSA) is 55.4 Å². The second kappa shape index (κ2) is 8.29. The van der Waals surface area contributed by atoms with Crippen LogP contribution in [0.4, 0.5) is 0 Å². The lowest BCUT2D eigenvalue weighted by molar-refractivity contribution is -0.145. The van der Waals surface area contributed by atoms with Gasteiger partial charge in [0.2, 0.25) is 5.75 Å². The first-order chi connectivity index (χ1) is 12.7. The van der Waals surface area contributed by atoms with Crippen molar-refractivity contribution in [3.8, 4) is 23.0 Å². The highest BCUT2D eigenvalue weighted by molar-refractivity contribution is 5.54. The summed E-state index contributed by atoms with van der Waals surface area (Å²) in [6.45, 7) is 1.06. The first-order valence-corrected chi connectivity index (χ1v) is 8.38. The standard InChI is InChI=1S/C20H24O6/c1-21-15-7-5-13(6-8-15)18-19(26-10-9-25-18)14-11-16(22-2)20(24-4)17(12-14)23-3/h5-8,11-12,18-19H,9-10H2,1-4H3/t18-,19-/m1/s1. The van der Waals surface area contributed by atoms with Crippen molar-refractivity contribution in [2.75, 3.05) is 41.7 Å². The minimum absolute atomic E-state index is 0.238. The summed E-state index contributed by atoms with van der Waals surface area (Å²) in [4.78, 5) is 0. The molecule has 0 aromatic heterocycles. The summed E-state index contributed by atoms with van der Waals surface area (Å²) >= 11 is 0. The van der Waals surface area contributed by atoms with Gasteiger partial charge in [-0.25, -0.2) is 0 Å². The van der Waals surface area contributed by atoms with Gasteiger partial charge in [0.05, 0.1) is 41.7 Å². The van der Waals surface area contributed by atoms with Crippen LogP contribution in [0.2, 0.25) is 0 Å². The maximum atomic E-state index is 6.05. The molecule has 26 heavy (non-hydrogen) atoms. The number of rotatable bonds is 6. The number of benzene rings is 2. The van der Waals surface area contributed by atoms with E-state index in [0.29, 0.717) is 30.5 Å². The fourth-order valence-corrected chi connectivity index (χ4v) is 3.13. The van der Waals surface area contributed by atoms with Crippen LogP contribution in [0.1, 0.15) is 23.3 Å². The maximum Gasteiger partial charge on any atom is 0.203 e. The Bertz CT molecular complexity index is 703. The van der Waals surface area contributed by atoms with Gasteiger partial charge in [-0.15, -0.1) is 0 Å². The fraction of sp³-hybridized carbons (Fsp3) is 0.400. The van der Waals surface area contributed by atoms with E-state index in [1.807, 2.05) is 36.4 Å². The first kappa shape index (κ1) is 18.4. The van der Waals surface area contributed by atoms with E-state index in [1.165, 1.54) is 0 Å². The SMILES string of the molecule is COc1ccc([C@H]2OCCO[C@@H]2c2cc(OC)c(OC)c(OC)c2)cc1. The molecule has 0 spiro atoms. The molecule has 0 saturated carbocycles. The Kier molecular flexibility index (Phi) is 5.85. The van der Waals surface area contributed by atoms with Crippen molar-refractivity contribution >= 4 is 0 Å². The van der Waals surface area contributed by atoms with Gasteiger partial charge in [-0.1, -0.05) is 12.1 Å². The second-order valence-corrected chi connectivity index (χ2v) is 5.81. The Morgan fingerprint density at radius 1 is 0.692 bits per heavy atom. The maximum absolute atomic E-state index is 6.05. The van der Waals surface area contributed by atoms with E-state index in [2.05, 4.69) is 0 Å². The monoisotopic (exact) mass is 360 g/mol. The Hall–Kier alpha value is -2.44. The highest BCUT2D eigenvalue weighted by Crippen LogP contribution is 2.44. The third-order valence-corrected chi connectivity index (χ3v) is 4.41. The van der Waals surface area contributed by atoms with Gasteiger partial charge in [-0.3, -0.25) is 0 Å². The predicted molar refractivity (Wildman–Crippen MR) is 96.5 cm³/mol. The number of hydrogen-bond acceptors (Lipinski definition) is 6. The van der Waals surface area contributed by atoms with Crippen LogP contribution in [-0.4, -0.2) is 41.7 Å². The second-order valence-electron chi connectivity index (χ2n) is 5.81. The predicted octanol–water partition coefficient (Wildman–Crippen LogP) is 3.55. The molecule has 0 radical (unpaired) electrons. The number of ether oxygens (including phenoxy) is 6. The molecule has 2 aromatic rings. The first-order valence-electron chi connectivity index (χ1n) is 8.38. The van der Waals surface area contributed by atoms with Gasteiger partial charge in [-0.2, -0.15) is 0 Å². The van der Waals surface area contributed by atoms with E-state index in [9.17, 15) is 0 Å². The number of hydrogen-bond donors (Lipinski definition) is 0. The van der Waals surface area contributed by atoms with E-state index < -0.39 is 0 Å². The van der Waals surface area contributed by atoms with Crippen LogP contribution in [0.15, 0.2) is 36.4 Å². The molecule has 0 N–H and O–H groups in total. The molecule has 6 nitrogen and oxygen atoms in total. The molecule has 0 aliphatic carbocycles. The Morgan fingerprint density at radius 3 is 1.69 bits per heavy atom. The fourth-order valence-electron chi connectivity index (χ4n) is 3.13. The lowest BCUT2D eigenvalue weighted by Gasteiger charge is -2.33. The zero-order valence-electron chi connectivity index (χ0n) is 15.5. The summed E-state index contributed by atoms with van der Waals surface area (Å²) in [5.41, 5.74) is 1.92. The zero-order chi connectivity index (χ0) is 18.5. The summed E-state index contributed by atoms with van der Waals surface area (Å²) in [6.07, 6.45) is -0.525. The third kappa shape index (κ3) is 3.57. The minimum Gasteiger partial charge on any atom is -0.497 e. The van der Waals surface area contributed by atoms with Gasteiger partial charge in [0.1, 0.15) is 18.0 Å². The van der Waals surface area contributed by atoms with Crippen LogP contribution < -0.4 is 18.9 Å². The van der Waals surface area contributed by atoms with Gasteiger partial charge in [0.15, 0.2) is 11.5 Å². The van der Waals surface area contributed by atoms with E-state index >= 15 is 0 Å². The van der Waals surface area contributed by atoms with Crippen molar-refractivity contribution in [2.24, 2.45) is 0 Å². The Labute approximate surface area is 153 Å². The van der Waals surface area contributed by atoms with Crippen molar-refractivity contribution < 1.29 is 28.4 Å². The molecular weight excluding hydrogens is 336 g/mol. The summed E-state index contributed by atoms with van der Waals surface area (Å²) in [7, 11) is 6.43. The summed E-state index contributed by atoms with van der Waals surface area (Å²) in [5.74, 6) is 2.53. The van der Waals surface area contributed by atoms with Gasteiger partial charge in [0, 0.05) is 0 Å². The quantitative estimate of drug-likeness (QED) is 0.785. The van der Waals surface area contributed by atoms with Gasteiger partial charge < -0.3 is 28.4 Å². The van der Waals surface area contributed by atoms with E-state index in [4.69, 9.17) is 28.4 Å². The molecule has 6 heteroatoms. The molecule has 140 valence electrons. The molecule has 2 aromatic carbocycles. The van der Waals surface area contributed by atoms with Crippen LogP contribution in [-0.2, 0) is 9.47 Å². The lowest BCUT2D eigenvalue weighted by atomic mass is 9.96. The molecular formula is C20H24O6. The average molecular weight is 360 g/mol. The molecule has 0 amide bonds. The summed E-state index contributed by atoms with van der Waals surface area (Å²) < 4.78 is 33.6. The lowest BCUT2D eigenvalue weighted by Crippen LogP contribution is -2.26. The van der Waals surface area contributed by atoms with Gasteiger partial charge in [-0.05, 0) is 35.4 Å². The minimum atomic E-state index is -0.286. The van der Waals surface area contributed by atoms with Crippen LogP contribution in [0.5, 0.6) is 23.0 Å². The van der Waals surface area contributed by atoms with Crippen molar-refractivity contribution in [2.45, 2.75) is 12.2 Å². The van der Waals surface area contributed by atoms with Crippen LogP contribution in [0.3, 0.4) is 0 Å². The van der Waals surface area contributed by atoms with E-state index in [0.717, 1.165) is 16.9 Å². The average Bonchev–Trinajstić information content (AvgIpc) is 2.72. The van der Waals surface area contributed by atoms with Gasteiger partial charge in [0.25, 0.3) is 0 Å². The smallest absolute Gasteiger partial charge is 0.203 e. The molecule has 2 atom stereocenters. The zero-order valence-corrected chi connectivity index (χ0v) is 15.5. The van der Waals surface area contributed by atoms with Crippen molar-refractivity contribution in [3.05, 3.63) is 47.5 Å². The molecule has 3 rings (SSSR count). The van der Waals surface area contributed by atoms with Crippen molar-refractivity contribution in [1.29, 1.82) is 0 Å². The highest BCUT2D eigenvalue weighted by Gasteiger charge is 2.31. The van der Waals surface area contributed by atoms with E-state index in [1.54, 1.807) is 28.4 Å². The molecule has 1 aliphatic rings. The van der Waals surface area contributed by atoms with Crippen LogP contribution >= 0.6 is 0 Å².